The zero-order chi connectivity index (χ0) is 16.5. The number of aromatic hydroxyl groups is 1. The first kappa shape index (κ1) is 19.9. The number of hydrogen-bond donors (Lipinski definition) is 5. The van der Waals surface area contributed by atoms with E-state index in [4.69, 9.17) is 16.6 Å². The smallest absolute Gasteiger partial charge is 0.115 e. The van der Waals surface area contributed by atoms with E-state index in [9.17, 15) is 10.2 Å². The van der Waals surface area contributed by atoms with Crippen molar-refractivity contribution in [3.8, 4) is 5.75 Å². The summed E-state index contributed by atoms with van der Waals surface area (Å²) in [5.41, 5.74) is 10.9. The van der Waals surface area contributed by atoms with E-state index in [1.165, 1.54) is 6.07 Å². The molecule has 0 spiro atoms. The fraction of sp³-hybridized carbons (Fsp3) is 0.625. The van der Waals surface area contributed by atoms with Crippen molar-refractivity contribution in [3.05, 3.63) is 29.8 Å². The van der Waals surface area contributed by atoms with Crippen LogP contribution in [0.25, 0.3) is 0 Å². The van der Waals surface area contributed by atoms with Crippen molar-refractivity contribution in [3.63, 3.8) is 0 Å². The fourth-order valence-electron chi connectivity index (χ4n) is 1.72. The maximum atomic E-state index is 9.29. The van der Waals surface area contributed by atoms with Crippen LogP contribution in [-0.2, 0) is 0 Å². The summed E-state index contributed by atoms with van der Waals surface area (Å²) in [6, 6.07) is 6.70. The van der Waals surface area contributed by atoms with Gasteiger partial charge in [0, 0.05) is 12.6 Å². The van der Waals surface area contributed by atoms with Gasteiger partial charge in [0.05, 0.1) is 11.7 Å². The Morgan fingerprint density at radius 2 is 1.90 bits per heavy atom. The molecule has 0 bridgehead atoms. The van der Waals surface area contributed by atoms with Crippen molar-refractivity contribution in [1.29, 1.82) is 0 Å². The van der Waals surface area contributed by atoms with Crippen LogP contribution in [0.2, 0.25) is 0 Å². The van der Waals surface area contributed by atoms with Gasteiger partial charge < -0.3 is 26.8 Å². The Bertz CT molecular complexity index is 389. The summed E-state index contributed by atoms with van der Waals surface area (Å²) < 4.78 is 0. The Hall–Kier alpha value is -1.14. The Morgan fingerprint density at radius 1 is 1.29 bits per heavy atom. The molecule has 5 nitrogen and oxygen atoms in total. The molecule has 1 aromatic carbocycles. The average Bonchev–Trinajstić information content (AvgIpc) is 2.36. The quantitative estimate of drug-likeness (QED) is 0.548. The third-order valence-corrected chi connectivity index (χ3v) is 2.93. The molecule has 0 aliphatic carbocycles. The lowest BCUT2D eigenvalue weighted by Gasteiger charge is -2.16. The van der Waals surface area contributed by atoms with Gasteiger partial charge in [0.1, 0.15) is 5.75 Å². The Morgan fingerprint density at radius 3 is 2.33 bits per heavy atom. The molecule has 0 saturated heterocycles. The minimum atomic E-state index is -0.679. The number of hydrogen-bond acceptors (Lipinski definition) is 5. The summed E-state index contributed by atoms with van der Waals surface area (Å²) >= 11 is 0. The Kier molecular flexibility index (Phi) is 9.21. The van der Waals surface area contributed by atoms with Crippen molar-refractivity contribution < 1.29 is 15.3 Å². The fourth-order valence-corrected chi connectivity index (χ4v) is 1.72. The lowest BCUT2D eigenvalue weighted by molar-refractivity contribution is 0.0678. The number of benzene rings is 1. The maximum absolute atomic E-state index is 9.29. The molecule has 0 saturated carbocycles. The molecule has 21 heavy (non-hydrogen) atoms. The summed E-state index contributed by atoms with van der Waals surface area (Å²) in [5.74, 6) is 0.148. The van der Waals surface area contributed by atoms with E-state index < -0.39 is 11.7 Å². The zero-order valence-corrected chi connectivity index (χ0v) is 13.3. The normalized spacial score (nSPS) is 14.0. The minimum Gasteiger partial charge on any atom is -0.508 e. The third kappa shape index (κ3) is 11.2. The van der Waals surface area contributed by atoms with Crippen molar-refractivity contribution >= 4 is 0 Å². The molecule has 0 aliphatic heterocycles. The molecule has 1 aromatic rings. The first-order valence-corrected chi connectivity index (χ1v) is 7.30. The summed E-state index contributed by atoms with van der Waals surface area (Å²) in [5, 5.41) is 27.5. The number of rotatable bonds is 6. The summed E-state index contributed by atoms with van der Waals surface area (Å²) in [6.45, 7) is 5.82. The van der Waals surface area contributed by atoms with Crippen LogP contribution >= 0.6 is 0 Å². The largest absolute Gasteiger partial charge is 0.508 e. The van der Waals surface area contributed by atoms with Crippen molar-refractivity contribution in [2.24, 2.45) is 11.5 Å². The van der Waals surface area contributed by atoms with Crippen LogP contribution in [0.4, 0.5) is 0 Å². The first-order valence-electron chi connectivity index (χ1n) is 7.30. The van der Waals surface area contributed by atoms with Crippen LogP contribution in [0, 0.1) is 0 Å². The van der Waals surface area contributed by atoms with Gasteiger partial charge in [-0.2, -0.15) is 0 Å². The molecule has 0 radical (unpaired) electrons. The van der Waals surface area contributed by atoms with E-state index >= 15 is 0 Å². The second kappa shape index (κ2) is 9.73. The monoisotopic (exact) mass is 298 g/mol. The van der Waals surface area contributed by atoms with Gasteiger partial charge >= 0.3 is 0 Å². The summed E-state index contributed by atoms with van der Waals surface area (Å²) in [6.07, 6.45) is 2.18. The highest BCUT2D eigenvalue weighted by Crippen LogP contribution is 2.16. The number of aliphatic hydroxyl groups is 2. The molecule has 0 fully saturated rings. The van der Waals surface area contributed by atoms with E-state index in [2.05, 4.69) is 0 Å². The molecule has 0 heterocycles. The predicted molar refractivity (Wildman–Crippen MR) is 85.9 cm³/mol. The zero-order valence-electron chi connectivity index (χ0n) is 13.3. The van der Waals surface area contributed by atoms with Crippen LogP contribution in [0.15, 0.2) is 24.3 Å². The molecule has 122 valence electrons. The lowest BCUT2D eigenvalue weighted by Crippen LogP contribution is -2.20. The van der Waals surface area contributed by atoms with E-state index in [1.807, 2.05) is 20.8 Å². The standard InChI is InChI=1S/C8H11NO2.C8H19NO/c9-5-8(11)6-2-1-3-7(10)4-6;1-7(9)5-4-6-8(2,3)10/h1-4,8,10-11H,5,9H2;7,10H,4-6,9H2,1-3H3. The van der Waals surface area contributed by atoms with Crippen molar-refractivity contribution in [2.45, 2.75) is 57.8 Å². The molecule has 0 aliphatic rings. The van der Waals surface area contributed by atoms with Crippen LogP contribution in [0.5, 0.6) is 5.75 Å². The average molecular weight is 298 g/mol. The van der Waals surface area contributed by atoms with Gasteiger partial charge in [0.15, 0.2) is 0 Å². The first-order chi connectivity index (χ1) is 9.65. The van der Waals surface area contributed by atoms with Crippen molar-refractivity contribution in [1.82, 2.24) is 0 Å². The van der Waals surface area contributed by atoms with E-state index in [1.54, 1.807) is 18.2 Å². The van der Waals surface area contributed by atoms with Gasteiger partial charge in [-0.15, -0.1) is 0 Å². The number of phenolic OH excluding ortho intramolecular Hbond substituents is 1. The molecule has 2 unspecified atom stereocenters. The molecule has 7 N–H and O–H groups in total. The van der Waals surface area contributed by atoms with E-state index in [0.29, 0.717) is 5.56 Å². The number of aliphatic hydroxyl groups excluding tert-OH is 1. The minimum absolute atomic E-state index is 0.148. The molecule has 0 amide bonds. The van der Waals surface area contributed by atoms with E-state index in [-0.39, 0.29) is 18.3 Å². The van der Waals surface area contributed by atoms with Gasteiger partial charge in [-0.05, 0) is 57.7 Å². The Balaban J connectivity index is 0.000000384. The van der Waals surface area contributed by atoms with Gasteiger partial charge in [0.2, 0.25) is 0 Å². The molecular formula is C16H30N2O3. The number of nitrogens with two attached hydrogens (primary N) is 2. The van der Waals surface area contributed by atoms with Crippen LogP contribution in [-0.4, -0.2) is 33.5 Å². The van der Waals surface area contributed by atoms with Crippen molar-refractivity contribution in [2.75, 3.05) is 6.54 Å². The summed E-state index contributed by atoms with van der Waals surface area (Å²) in [7, 11) is 0. The second-order valence-electron chi connectivity index (χ2n) is 6.03. The molecule has 2 atom stereocenters. The molecule has 1 rings (SSSR count). The molecule has 5 heteroatoms. The van der Waals surface area contributed by atoms with Gasteiger partial charge in [-0.3, -0.25) is 0 Å². The lowest BCUT2D eigenvalue weighted by atomic mass is 10.0. The van der Waals surface area contributed by atoms with Crippen LogP contribution < -0.4 is 11.5 Å². The summed E-state index contributed by atoms with van der Waals surface area (Å²) in [4.78, 5) is 0. The van der Waals surface area contributed by atoms with Crippen LogP contribution in [0.1, 0.15) is 51.7 Å². The molecule has 0 aromatic heterocycles. The number of phenols is 1. The Labute approximate surface area is 127 Å². The van der Waals surface area contributed by atoms with Gasteiger partial charge in [0.25, 0.3) is 0 Å². The van der Waals surface area contributed by atoms with Crippen LogP contribution in [0.3, 0.4) is 0 Å². The second-order valence-corrected chi connectivity index (χ2v) is 6.03. The maximum Gasteiger partial charge on any atom is 0.115 e. The third-order valence-electron chi connectivity index (χ3n) is 2.93. The predicted octanol–water partition coefficient (Wildman–Crippen LogP) is 1.66. The van der Waals surface area contributed by atoms with Gasteiger partial charge in [-0.25, -0.2) is 0 Å². The highest BCUT2D eigenvalue weighted by Gasteiger charge is 2.11. The highest BCUT2D eigenvalue weighted by molar-refractivity contribution is 5.28. The topological polar surface area (TPSA) is 113 Å². The molecular weight excluding hydrogens is 268 g/mol. The SMILES string of the molecule is CC(N)CCCC(C)(C)O.NCC(O)c1cccc(O)c1. The highest BCUT2D eigenvalue weighted by atomic mass is 16.3. The van der Waals surface area contributed by atoms with E-state index in [0.717, 1.165) is 19.3 Å². The van der Waals surface area contributed by atoms with Gasteiger partial charge in [-0.1, -0.05) is 12.1 Å².